The van der Waals surface area contributed by atoms with Crippen molar-refractivity contribution in [2.75, 3.05) is 32.7 Å². The van der Waals surface area contributed by atoms with Gasteiger partial charge in [-0.15, -0.1) is 24.8 Å². The summed E-state index contributed by atoms with van der Waals surface area (Å²) >= 11 is 0. The molecule has 7 heteroatoms. The number of nitrogens with one attached hydrogen (secondary N) is 1. The van der Waals surface area contributed by atoms with Crippen molar-refractivity contribution in [2.45, 2.75) is 63.6 Å². The summed E-state index contributed by atoms with van der Waals surface area (Å²) in [5, 5.41) is 3.44. The first-order valence-corrected chi connectivity index (χ1v) is 10.7. The van der Waals surface area contributed by atoms with E-state index in [0.717, 1.165) is 64.2 Å². The number of nitrogens with zero attached hydrogens (tertiary/aromatic N) is 2. The van der Waals surface area contributed by atoms with Gasteiger partial charge in [-0.1, -0.05) is 12.1 Å². The van der Waals surface area contributed by atoms with Crippen LogP contribution in [0.5, 0.6) is 5.75 Å². The van der Waals surface area contributed by atoms with Gasteiger partial charge in [0.2, 0.25) is 5.91 Å². The molecular formula is C22H35Cl2N3O2. The summed E-state index contributed by atoms with van der Waals surface area (Å²) in [5.74, 6) is 1.31. The van der Waals surface area contributed by atoms with Gasteiger partial charge in [0.15, 0.2) is 0 Å². The van der Waals surface area contributed by atoms with E-state index < -0.39 is 0 Å². The van der Waals surface area contributed by atoms with Crippen LogP contribution < -0.4 is 10.1 Å². The minimum atomic E-state index is 0. The van der Waals surface area contributed by atoms with Crippen molar-refractivity contribution < 1.29 is 9.53 Å². The van der Waals surface area contributed by atoms with Gasteiger partial charge >= 0.3 is 0 Å². The number of halogens is 2. The number of benzene rings is 1. The third kappa shape index (κ3) is 6.00. The van der Waals surface area contributed by atoms with Crippen molar-refractivity contribution in [3.63, 3.8) is 0 Å². The summed E-state index contributed by atoms with van der Waals surface area (Å²) in [6, 6.07) is 8.95. The first kappa shape index (κ1) is 24.3. The maximum Gasteiger partial charge on any atom is 0.239 e. The van der Waals surface area contributed by atoms with Gasteiger partial charge in [-0.2, -0.15) is 0 Å². The molecule has 3 aliphatic rings. The van der Waals surface area contributed by atoms with E-state index in [4.69, 9.17) is 4.74 Å². The molecule has 3 heterocycles. The molecule has 164 valence electrons. The second-order valence-corrected chi connectivity index (χ2v) is 8.34. The van der Waals surface area contributed by atoms with Crippen molar-refractivity contribution in [2.24, 2.45) is 0 Å². The Balaban J connectivity index is 0.00000150. The predicted octanol–water partition coefficient (Wildman–Crippen LogP) is 3.42. The number of carbonyl (C=O) groups is 1. The first-order valence-electron chi connectivity index (χ1n) is 10.7. The molecule has 29 heavy (non-hydrogen) atoms. The van der Waals surface area contributed by atoms with Crippen molar-refractivity contribution in [1.82, 2.24) is 15.1 Å². The third-order valence-corrected chi connectivity index (χ3v) is 6.40. The molecule has 3 aliphatic heterocycles. The molecule has 4 rings (SSSR count). The van der Waals surface area contributed by atoms with Crippen molar-refractivity contribution in [3.8, 4) is 5.75 Å². The number of ether oxygens (including phenoxy) is 1. The zero-order valence-electron chi connectivity index (χ0n) is 17.3. The largest absolute Gasteiger partial charge is 0.490 e. The number of piperidine rings is 2. The number of hydrogen-bond acceptors (Lipinski definition) is 4. The Hall–Kier alpha value is -1.01. The zero-order chi connectivity index (χ0) is 18.6. The highest BCUT2D eigenvalue weighted by Crippen LogP contribution is 2.27. The Morgan fingerprint density at radius 1 is 1.03 bits per heavy atom. The second kappa shape index (κ2) is 11.4. The van der Waals surface area contributed by atoms with E-state index in [1.54, 1.807) is 0 Å². The molecule has 0 spiro atoms. The Labute approximate surface area is 187 Å². The maximum absolute atomic E-state index is 13.2. The fourth-order valence-electron chi connectivity index (χ4n) is 4.92. The van der Waals surface area contributed by atoms with Gasteiger partial charge in [-0.05, 0) is 69.9 Å². The van der Waals surface area contributed by atoms with Gasteiger partial charge in [0.05, 0.1) is 6.04 Å². The fraction of sp³-hybridized carbons (Fsp3) is 0.682. The topological polar surface area (TPSA) is 44.8 Å². The molecule has 3 fully saturated rings. The first-order chi connectivity index (χ1) is 13.2. The van der Waals surface area contributed by atoms with Gasteiger partial charge in [-0.25, -0.2) is 0 Å². The summed E-state index contributed by atoms with van der Waals surface area (Å²) in [4.78, 5) is 17.8. The van der Waals surface area contributed by atoms with E-state index in [1.807, 2.05) is 12.1 Å². The van der Waals surface area contributed by atoms with Crippen LogP contribution in [0.15, 0.2) is 24.3 Å². The summed E-state index contributed by atoms with van der Waals surface area (Å²) in [5.41, 5.74) is 1.22. The van der Waals surface area contributed by atoms with Crippen LogP contribution in [-0.2, 0) is 4.79 Å². The van der Waals surface area contributed by atoms with Gasteiger partial charge in [-0.3, -0.25) is 9.69 Å². The summed E-state index contributed by atoms with van der Waals surface area (Å²) in [7, 11) is 0. The molecule has 1 atom stereocenters. The van der Waals surface area contributed by atoms with Gasteiger partial charge < -0.3 is 15.0 Å². The average molecular weight is 444 g/mol. The fourth-order valence-corrected chi connectivity index (χ4v) is 4.92. The standard InChI is InChI=1S/C22H33N3O2.2ClH/c1-17-4-2-5-20(16-17)27-19-9-14-24(15-10-19)22(26)21-6-3-13-25(21)18-7-11-23-12-8-18;;/h2,4-5,16,18-19,21,23H,3,6-15H2,1H3;2*1H. The van der Waals surface area contributed by atoms with Crippen molar-refractivity contribution in [1.29, 1.82) is 0 Å². The van der Waals surface area contributed by atoms with Gasteiger partial charge in [0.1, 0.15) is 11.9 Å². The lowest BCUT2D eigenvalue weighted by Gasteiger charge is -2.39. The molecule has 0 bridgehead atoms. The van der Waals surface area contributed by atoms with Crippen LogP contribution in [0.3, 0.4) is 0 Å². The molecule has 1 unspecified atom stereocenters. The highest BCUT2D eigenvalue weighted by molar-refractivity contribution is 5.85. The lowest BCUT2D eigenvalue weighted by Crippen LogP contribution is -2.53. The summed E-state index contributed by atoms with van der Waals surface area (Å²) in [6.45, 7) is 7.00. The minimum Gasteiger partial charge on any atom is -0.490 e. The Morgan fingerprint density at radius 2 is 1.76 bits per heavy atom. The molecule has 0 aromatic heterocycles. The normalized spacial score (nSPS) is 23.9. The van der Waals surface area contributed by atoms with Crippen LogP contribution >= 0.6 is 24.8 Å². The third-order valence-electron chi connectivity index (χ3n) is 6.40. The number of carbonyl (C=O) groups excluding carboxylic acids is 1. The van der Waals surface area contributed by atoms with Crippen LogP contribution in [0.2, 0.25) is 0 Å². The summed E-state index contributed by atoms with van der Waals surface area (Å²) in [6.07, 6.45) is 6.63. The van der Waals surface area contributed by atoms with Crippen LogP contribution in [0.1, 0.15) is 44.1 Å². The maximum atomic E-state index is 13.2. The number of hydrogen-bond donors (Lipinski definition) is 1. The number of likely N-dealkylation sites (tertiary alicyclic amines) is 2. The van der Waals surface area contributed by atoms with Crippen LogP contribution in [-0.4, -0.2) is 66.6 Å². The Morgan fingerprint density at radius 3 is 2.45 bits per heavy atom. The van der Waals surface area contributed by atoms with E-state index in [-0.39, 0.29) is 37.0 Å². The monoisotopic (exact) mass is 443 g/mol. The molecule has 3 saturated heterocycles. The Bertz CT molecular complexity index is 647. The van der Waals surface area contributed by atoms with Crippen LogP contribution in [0, 0.1) is 6.92 Å². The number of amides is 1. The predicted molar refractivity (Wildman–Crippen MR) is 122 cm³/mol. The van der Waals surface area contributed by atoms with Crippen molar-refractivity contribution in [3.05, 3.63) is 29.8 Å². The highest BCUT2D eigenvalue weighted by Gasteiger charge is 2.38. The van der Waals surface area contributed by atoms with E-state index >= 15 is 0 Å². The summed E-state index contributed by atoms with van der Waals surface area (Å²) < 4.78 is 6.15. The molecule has 0 aliphatic carbocycles. The molecular weight excluding hydrogens is 409 g/mol. The number of aryl methyl sites for hydroxylation is 1. The molecule has 1 aromatic rings. The highest BCUT2D eigenvalue weighted by atomic mass is 35.5. The zero-order valence-corrected chi connectivity index (χ0v) is 19.0. The average Bonchev–Trinajstić information content (AvgIpc) is 3.19. The SMILES string of the molecule is Cc1cccc(OC2CCN(C(=O)C3CCCN3C3CCNCC3)CC2)c1.Cl.Cl. The minimum absolute atomic E-state index is 0. The van der Waals surface area contributed by atoms with E-state index in [1.165, 1.54) is 18.4 Å². The lowest BCUT2D eigenvalue weighted by atomic mass is 10.0. The lowest BCUT2D eigenvalue weighted by molar-refractivity contribution is -0.138. The second-order valence-electron chi connectivity index (χ2n) is 8.34. The molecule has 0 radical (unpaired) electrons. The smallest absolute Gasteiger partial charge is 0.239 e. The molecule has 0 saturated carbocycles. The van der Waals surface area contributed by atoms with E-state index in [2.05, 4.69) is 34.2 Å². The Kier molecular flexibility index (Phi) is 9.54. The van der Waals surface area contributed by atoms with E-state index in [9.17, 15) is 4.79 Å². The van der Waals surface area contributed by atoms with Gasteiger partial charge in [0, 0.05) is 32.0 Å². The van der Waals surface area contributed by atoms with E-state index in [0.29, 0.717) is 11.9 Å². The van der Waals surface area contributed by atoms with Gasteiger partial charge in [0.25, 0.3) is 0 Å². The van der Waals surface area contributed by atoms with Crippen molar-refractivity contribution >= 4 is 30.7 Å². The molecule has 1 N–H and O–H groups in total. The van der Waals surface area contributed by atoms with Crippen LogP contribution in [0.25, 0.3) is 0 Å². The number of rotatable bonds is 4. The molecule has 1 aromatic carbocycles. The molecule has 5 nitrogen and oxygen atoms in total. The quantitative estimate of drug-likeness (QED) is 0.773. The van der Waals surface area contributed by atoms with Crippen LogP contribution in [0.4, 0.5) is 0 Å². The molecule has 1 amide bonds.